The average Bonchev–Trinajstić information content (AvgIpc) is 3.73. The molecular formula is C47H48N4O4. The number of aryl methyl sites for hydroxylation is 4. The summed E-state index contributed by atoms with van der Waals surface area (Å²) in [7, 11) is 2.07. The van der Waals surface area contributed by atoms with E-state index in [0.29, 0.717) is 17.7 Å². The van der Waals surface area contributed by atoms with Gasteiger partial charge in [-0.2, -0.15) is 0 Å². The van der Waals surface area contributed by atoms with Crippen LogP contribution in [0.25, 0.3) is 44.6 Å². The van der Waals surface area contributed by atoms with Crippen LogP contribution < -0.4 is 0 Å². The molecule has 2 heterocycles. The maximum absolute atomic E-state index is 13.3. The predicted molar refractivity (Wildman–Crippen MR) is 219 cm³/mol. The van der Waals surface area contributed by atoms with Crippen molar-refractivity contribution in [3.63, 3.8) is 0 Å². The SMILES string of the molecule is CCCCCc1ccccc1C(=O)OCCOC(=O)c1ccccc1-c1ccc(Cn2c(CCC)nc3c(C)cc(-c4nc5ccccc5n4C)cc32)cc1. The van der Waals surface area contributed by atoms with Crippen molar-refractivity contribution in [2.75, 3.05) is 13.2 Å². The molecule has 0 N–H and O–H groups in total. The first-order valence-electron chi connectivity index (χ1n) is 19.4. The average molecular weight is 733 g/mol. The van der Waals surface area contributed by atoms with Crippen molar-refractivity contribution in [2.45, 2.75) is 65.8 Å². The van der Waals surface area contributed by atoms with Crippen LogP contribution in [0.1, 0.15) is 82.8 Å². The number of esters is 2. The van der Waals surface area contributed by atoms with E-state index in [1.54, 1.807) is 12.1 Å². The maximum atomic E-state index is 13.3. The zero-order valence-electron chi connectivity index (χ0n) is 32.2. The maximum Gasteiger partial charge on any atom is 0.338 e. The van der Waals surface area contributed by atoms with E-state index in [-0.39, 0.29) is 13.2 Å². The van der Waals surface area contributed by atoms with Gasteiger partial charge in [0.15, 0.2) is 0 Å². The lowest BCUT2D eigenvalue weighted by atomic mass is 9.98. The van der Waals surface area contributed by atoms with Gasteiger partial charge >= 0.3 is 11.9 Å². The molecule has 5 aromatic carbocycles. The van der Waals surface area contributed by atoms with E-state index >= 15 is 0 Å². The Morgan fingerprint density at radius 1 is 0.673 bits per heavy atom. The van der Waals surface area contributed by atoms with E-state index in [4.69, 9.17) is 19.4 Å². The number of unbranched alkanes of at least 4 members (excludes halogenated alkanes) is 2. The summed E-state index contributed by atoms with van der Waals surface area (Å²) in [5.41, 5.74) is 11.2. The highest BCUT2D eigenvalue weighted by Gasteiger charge is 2.19. The summed E-state index contributed by atoms with van der Waals surface area (Å²) < 4.78 is 15.6. The van der Waals surface area contributed by atoms with E-state index in [1.807, 2.05) is 48.5 Å². The molecule has 0 saturated carbocycles. The van der Waals surface area contributed by atoms with E-state index in [0.717, 1.165) is 106 Å². The highest BCUT2D eigenvalue weighted by atomic mass is 16.6. The summed E-state index contributed by atoms with van der Waals surface area (Å²) in [4.78, 5) is 36.3. The molecule has 55 heavy (non-hydrogen) atoms. The minimum Gasteiger partial charge on any atom is -0.458 e. The van der Waals surface area contributed by atoms with Crippen LogP contribution in [0.3, 0.4) is 0 Å². The van der Waals surface area contributed by atoms with Gasteiger partial charge in [0.05, 0.1) is 33.2 Å². The van der Waals surface area contributed by atoms with Crippen LogP contribution in [-0.2, 0) is 35.9 Å². The van der Waals surface area contributed by atoms with Gasteiger partial charge < -0.3 is 18.6 Å². The Balaban J connectivity index is 1.06. The van der Waals surface area contributed by atoms with Gasteiger partial charge in [-0.1, -0.05) is 99.5 Å². The molecule has 0 radical (unpaired) electrons. The molecular weight excluding hydrogens is 685 g/mol. The topological polar surface area (TPSA) is 88.2 Å². The normalized spacial score (nSPS) is 11.3. The Bertz CT molecular complexity index is 2460. The Labute approximate surface area is 322 Å². The molecule has 7 aromatic rings. The molecule has 0 aliphatic rings. The van der Waals surface area contributed by atoms with Crippen LogP contribution in [0, 0.1) is 6.92 Å². The number of para-hydroxylation sites is 2. The highest BCUT2D eigenvalue weighted by Crippen LogP contribution is 2.31. The number of imidazole rings is 2. The molecule has 280 valence electrons. The monoisotopic (exact) mass is 732 g/mol. The van der Waals surface area contributed by atoms with E-state index in [2.05, 4.69) is 85.5 Å². The first kappa shape index (κ1) is 37.3. The van der Waals surface area contributed by atoms with Crippen molar-refractivity contribution in [1.82, 2.24) is 19.1 Å². The molecule has 8 nitrogen and oxygen atoms in total. The summed E-state index contributed by atoms with van der Waals surface area (Å²) in [6.45, 7) is 7.07. The minimum absolute atomic E-state index is 0.0207. The molecule has 0 aliphatic carbocycles. The number of hydrogen-bond acceptors (Lipinski definition) is 6. The van der Waals surface area contributed by atoms with Gasteiger partial charge in [-0.15, -0.1) is 0 Å². The van der Waals surface area contributed by atoms with Crippen LogP contribution in [0.5, 0.6) is 0 Å². The van der Waals surface area contributed by atoms with Gasteiger partial charge in [0, 0.05) is 25.6 Å². The van der Waals surface area contributed by atoms with Gasteiger partial charge in [0.25, 0.3) is 0 Å². The Morgan fingerprint density at radius 3 is 2.11 bits per heavy atom. The lowest BCUT2D eigenvalue weighted by molar-refractivity contribution is 0.0265. The molecule has 0 aliphatic heterocycles. The third kappa shape index (κ3) is 8.09. The second-order valence-electron chi connectivity index (χ2n) is 14.1. The first-order valence-corrected chi connectivity index (χ1v) is 19.4. The lowest BCUT2D eigenvalue weighted by Crippen LogP contribution is -2.15. The van der Waals surface area contributed by atoms with Gasteiger partial charge in [-0.3, -0.25) is 0 Å². The van der Waals surface area contributed by atoms with Gasteiger partial charge in [-0.25, -0.2) is 19.6 Å². The molecule has 0 fully saturated rings. The quantitative estimate of drug-likeness (QED) is 0.0770. The molecule has 0 amide bonds. The van der Waals surface area contributed by atoms with Crippen molar-refractivity contribution in [2.24, 2.45) is 7.05 Å². The van der Waals surface area contributed by atoms with Crippen molar-refractivity contribution >= 4 is 34.0 Å². The standard InChI is InChI=1S/C47H48N4O4/c1-5-7-8-16-34-17-9-10-19-38(34)46(52)54-27-28-55-47(53)39-20-12-11-18-37(39)35-25-23-33(24-26-35)31-51-42-30-36(29-32(3)44(42)49-43(51)15-6-2)45-48-40-21-13-14-22-41(40)50(45)4/h9-14,17-26,29-30H,5-8,15-16,27-28,31H2,1-4H3. The molecule has 0 atom stereocenters. The third-order valence-electron chi connectivity index (χ3n) is 10.2. The fraction of sp³-hybridized carbons (Fsp3) is 0.277. The van der Waals surface area contributed by atoms with Gasteiger partial charge in [0.1, 0.15) is 24.9 Å². The predicted octanol–water partition coefficient (Wildman–Crippen LogP) is 10.3. The lowest BCUT2D eigenvalue weighted by Gasteiger charge is -2.13. The van der Waals surface area contributed by atoms with Crippen LogP contribution >= 0.6 is 0 Å². The summed E-state index contributed by atoms with van der Waals surface area (Å²) in [5, 5.41) is 0. The van der Waals surface area contributed by atoms with Crippen molar-refractivity contribution in [3.05, 3.63) is 143 Å². The largest absolute Gasteiger partial charge is 0.458 e. The van der Waals surface area contributed by atoms with Crippen molar-refractivity contribution in [3.8, 4) is 22.5 Å². The Kier molecular flexibility index (Phi) is 11.5. The van der Waals surface area contributed by atoms with Crippen LogP contribution in [-0.4, -0.2) is 44.3 Å². The number of ether oxygens (including phenoxy) is 2. The van der Waals surface area contributed by atoms with E-state index in [1.165, 1.54) is 0 Å². The zero-order chi connectivity index (χ0) is 38.3. The fourth-order valence-electron chi connectivity index (χ4n) is 7.38. The van der Waals surface area contributed by atoms with Gasteiger partial charge in [-0.05, 0) is 90.4 Å². The number of rotatable bonds is 15. The van der Waals surface area contributed by atoms with Crippen LogP contribution in [0.4, 0.5) is 0 Å². The Hall–Kier alpha value is -6.02. The molecule has 2 aromatic heterocycles. The highest BCUT2D eigenvalue weighted by molar-refractivity contribution is 5.97. The van der Waals surface area contributed by atoms with Crippen molar-refractivity contribution in [1.29, 1.82) is 0 Å². The first-order chi connectivity index (χ1) is 26.9. The smallest absolute Gasteiger partial charge is 0.338 e. The number of carbonyl (C=O) groups is 2. The fourth-order valence-corrected chi connectivity index (χ4v) is 7.38. The summed E-state index contributed by atoms with van der Waals surface area (Å²) in [5.74, 6) is 1.13. The van der Waals surface area contributed by atoms with Crippen LogP contribution in [0.2, 0.25) is 0 Å². The summed E-state index contributed by atoms with van der Waals surface area (Å²) >= 11 is 0. The second-order valence-corrected chi connectivity index (χ2v) is 14.1. The number of hydrogen-bond donors (Lipinski definition) is 0. The van der Waals surface area contributed by atoms with Gasteiger partial charge in [0.2, 0.25) is 0 Å². The third-order valence-corrected chi connectivity index (χ3v) is 10.2. The molecule has 0 bridgehead atoms. The molecule has 0 saturated heterocycles. The van der Waals surface area contributed by atoms with Crippen molar-refractivity contribution < 1.29 is 19.1 Å². The number of aromatic nitrogens is 4. The zero-order valence-corrected chi connectivity index (χ0v) is 32.2. The summed E-state index contributed by atoms with van der Waals surface area (Å²) in [6.07, 6.45) is 5.94. The number of fused-ring (bicyclic) bond motifs is 2. The molecule has 8 heteroatoms. The number of carbonyl (C=O) groups excluding carboxylic acids is 2. The molecule has 0 unspecified atom stereocenters. The molecule has 0 spiro atoms. The molecule has 7 rings (SSSR count). The summed E-state index contributed by atoms with van der Waals surface area (Å²) in [6, 6.07) is 35.9. The van der Waals surface area contributed by atoms with E-state index in [9.17, 15) is 9.59 Å². The van der Waals surface area contributed by atoms with E-state index < -0.39 is 11.9 Å². The minimum atomic E-state index is -0.462. The number of benzene rings is 5. The van der Waals surface area contributed by atoms with Crippen LogP contribution in [0.15, 0.2) is 109 Å². The number of nitrogens with zero attached hydrogens (tertiary/aromatic N) is 4. The second kappa shape index (κ2) is 17.0. The Morgan fingerprint density at radius 2 is 1.36 bits per heavy atom.